The second-order valence-electron chi connectivity index (χ2n) is 3.16. The quantitative estimate of drug-likeness (QED) is 0.631. The maximum atomic E-state index is 10.3. The van der Waals surface area contributed by atoms with Crippen molar-refractivity contribution in [1.82, 2.24) is 0 Å². The van der Waals surface area contributed by atoms with Crippen molar-refractivity contribution in [3.63, 3.8) is 0 Å². The second-order valence-corrected chi connectivity index (χ2v) is 4.06. The summed E-state index contributed by atoms with van der Waals surface area (Å²) in [5.41, 5.74) is 2.55. The van der Waals surface area contributed by atoms with Crippen LogP contribution in [0.15, 0.2) is 60.7 Å². The van der Waals surface area contributed by atoms with Gasteiger partial charge in [-0.25, -0.2) is 0 Å². The molecule has 0 nitrogen and oxygen atoms in total. The highest BCUT2D eigenvalue weighted by Gasteiger charge is 2.19. The fourth-order valence-electron chi connectivity index (χ4n) is 1.26. The molecule has 0 aliphatic carbocycles. The second kappa shape index (κ2) is 6.45. The number of halogens is 4. The van der Waals surface area contributed by atoms with E-state index in [1.807, 2.05) is 12.1 Å². The molecule has 0 spiro atoms. The van der Waals surface area contributed by atoms with Crippen molar-refractivity contribution in [2.75, 3.05) is 0 Å². The Kier molecular flexibility index (Phi) is 5.22. The topological polar surface area (TPSA) is 0 Å². The Labute approximate surface area is 106 Å². The van der Waals surface area contributed by atoms with Gasteiger partial charge < -0.3 is 0 Å². The van der Waals surface area contributed by atoms with E-state index in [9.17, 15) is 13.2 Å². The first-order valence-electron chi connectivity index (χ1n) is 4.83. The lowest BCUT2D eigenvalue weighted by molar-refractivity contribution is -0.0245. The lowest BCUT2D eigenvalue weighted by atomic mass is 10.1. The van der Waals surface area contributed by atoms with E-state index >= 15 is 0 Å². The molecule has 2 rings (SSSR count). The van der Waals surface area contributed by atoms with Crippen LogP contribution in [0.25, 0.3) is 11.1 Å². The monoisotopic (exact) mass is 302 g/mol. The Morgan fingerprint density at radius 1 is 0.647 bits per heavy atom. The third-order valence-electron chi connectivity index (χ3n) is 1.88. The van der Waals surface area contributed by atoms with Crippen molar-refractivity contribution in [2.24, 2.45) is 0 Å². The molecule has 0 amide bonds. The molecule has 0 aliphatic heterocycles. The summed E-state index contributed by atoms with van der Waals surface area (Å²) in [4.78, 5) is 0. The van der Waals surface area contributed by atoms with E-state index in [0.717, 1.165) is 0 Å². The minimum absolute atomic E-state index is 1.28. The third kappa shape index (κ3) is 6.79. The van der Waals surface area contributed by atoms with Gasteiger partial charge in [0.25, 0.3) is 0 Å². The highest BCUT2D eigenvalue weighted by Crippen LogP contribution is 2.21. The number of benzene rings is 2. The van der Waals surface area contributed by atoms with Gasteiger partial charge in [0.15, 0.2) is 0 Å². The Bertz CT molecular complexity index is 380. The van der Waals surface area contributed by atoms with Crippen LogP contribution in [0.4, 0.5) is 13.2 Å². The Hall–Kier alpha value is -1.29. The van der Waals surface area contributed by atoms with E-state index < -0.39 is 5.09 Å². The van der Waals surface area contributed by atoms with Gasteiger partial charge in [0.2, 0.25) is 0 Å². The van der Waals surface area contributed by atoms with Gasteiger partial charge in [0.05, 0.1) is 0 Å². The number of alkyl halides is 4. The summed E-state index contributed by atoms with van der Waals surface area (Å²) in [6.07, 6.45) is 0. The van der Waals surface area contributed by atoms with Crippen molar-refractivity contribution < 1.29 is 13.2 Å². The Morgan fingerprint density at radius 3 is 1.12 bits per heavy atom. The van der Waals surface area contributed by atoms with Gasteiger partial charge in [-0.1, -0.05) is 60.7 Å². The zero-order valence-corrected chi connectivity index (χ0v) is 10.4. The van der Waals surface area contributed by atoms with E-state index in [1.54, 1.807) is 0 Å². The maximum Gasteiger partial charge on any atom is 0.448 e. The molecule has 0 radical (unpaired) electrons. The molecule has 0 atom stereocenters. The molecule has 0 aliphatic rings. The molecule has 0 saturated heterocycles. The van der Waals surface area contributed by atoms with Gasteiger partial charge >= 0.3 is 5.09 Å². The maximum absolute atomic E-state index is 10.3. The van der Waals surface area contributed by atoms with Crippen molar-refractivity contribution in [2.45, 2.75) is 5.09 Å². The fraction of sp³-hybridized carbons (Fsp3) is 0.0769. The standard InChI is InChI=1S/C12H10.CBrF3/c1-3-7-11(8-4-1)12-9-5-2-6-10-12;2-1(3,4)5/h1-10H;. The van der Waals surface area contributed by atoms with E-state index in [2.05, 4.69) is 48.5 Å². The van der Waals surface area contributed by atoms with Crippen LogP contribution in [0.5, 0.6) is 0 Å². The minimum Gasteiger partial charge on any atom is -0.160 e. The van der Waals surface area contributed by atoms with Crippen molar-refractivity contribution >= 4 is 15.9 Å². The summed E-state index contributed by atoms with van der Waals surface area (Å²) >= 11 is 1.38. The fourth-order valence-corrected chi connectivity index (χ4v) is 1.26. The summed E-state index contributed by atoms with van der Waals surface area (Å²) < 4.78 is 30.8. The summed E-state index contributed by atoms with van der Waals surface area (Å²) in [6.45, 7) is 0. The normalized spacial score (nSPS) is 10.4. The van der Waals surface area contributed by atoms with Gasteiger partial charge in [0.1, 0.15) is 0 Å². The molecule has 2 aromatic rings. The average molecular weight is 303 g/mol. The minimum atomic E-state index is -4.19. The van der Waals surface area contributed by atoms with Crippen LogP contribution in [0.1, 0.15) is 0 Å². The summed E-state index contributed by atoms with van der Waals surface area (Å²) in [5, 5.41) is -4.19. The number of hydrogen-bond donors (Lipinski definition) is 0. The van der Waals surface area contributed by atoms with Gasteiger partial charge in [-0.15, -0.1) is 0 Å². The van der Waals surface area contributed by atoms with Crippen molar-refractivity contribution in [3.8, 4) is 11.1 Å². The first-order valence-corrected chi connectivity index (χ1v) is 5.62. The van der Waals surface area contributed by atoms with Crippen LogP contribution in [0.2, 0.25) is 0 Å². The van der Waals surface area contributed by atoms with Crippen LogP contribution in [-0.4, -0.2) is 5.09 Å². The number of rotatable bonds is 1. The molecule has 4 heteroatoms. The summed E-state index contributed by atoms with van der Waals surface area (Å²) in [7, 11) is 0. The van der Waals surface area contributed by atoms with Crippen LogP contribution >= 0.6 is 15.9 Å². The van der Waals surface area contributed by atoms with E-state index in [1.165, 1.54) is 27.1 Å². The van der Waals surface area contributed by atoms with E-state index in [0.29, 0.717) is 0 Å². The van der Waals surface area contributed by atoms with E-state index in [4.69, 9.17) is 0 Å². The molecule has 17 heavy (non-hydrogen) atoms. The molecule has 0 bridgehead atoms. The molecule has 0 aromatic heterocycles. The third-order valence-corrected chi connectivity index (χ3v) is 1.88. The highest BCUT2D eigenvalue weighted by molar-refractivity contribution is 9.09. The van der Waals surface area contributed by atoms with Crippen molar-refractivity contribution in [3.05, 3.63) is 60.7 Å². The molecule has 0 saturated carbocycles. The van der Waals surface area contributed by atoms with Crippen LogP contribution < -0.4 is 0 Å². The lowest BCUT2D eigenvalue weighted by Crippen LogP contribution is -1.88. The van der Waals surface area contributed by atoms with Crippen LogP contribution in [0, 0.1) is 0 Å². The summed E-state index contributed by atoms with van der Waals surface area (Å²) in [6, 6.07) is 20.8. The Morgan fingerprint density at radius 2 is 0.882 bits per heavy atom. The van der Waals surface area contributed by atoms with Gasteiger partial charge in [-0.3, -0.25) is 0 Å². The molecule has 0 unspecified atom stereocenters. The smallest absolute Gasteiger partial charge is 0.160 e. The van der Waals surface area contributed by atoms with Crippen molar-refractivity contribution in [1.29, 1.82) is 0 Å². The molecule has 0 heterocycles. The Balaban J connectivity index is 0.000000249. The SMILES string of the molecule is FC(F)(F)Br.c1ccc(-c2ccccc2)cc1. The van der Waals surface area contributed by atoms with Gasteiger partial charge in [0, 0.05) is 15.9 Å². The first kappa shape index (κ1) is 13.8. The summed E-state index contributed by atoms with van der Waals surface area (Å²) in [5.74, 6) is 0. The predicted molar refractivity (Wildman–Crippen MR) is 66.9 cm³/mol. The zero-order valence-electron chi connectivity index (χ0n) is 8.79. The molecule has 0 fully saturated rings. The largest absolute Gasteiger partial charge is 0.448 e. The van der Waals surface area contributed by atoms with Gasteiger partial charge in [-0.2, -0.15) is 13.2 Å². The molecule has 2 aromatic carbocycles. The zero-order chi connectivity index (χ0) is 12.7. The molecular weight excluding hydrogens is 293 g/mol. The number of hydrogen-bond acceptors (Lipinski definition) is 0. The highest BCUT2D eigenvalue weighted by atomic mass is 79.9. The average Bonchev–Trinajstić information content (AvgIpc) is 2.29. The van der Waals surface area contributed by atoms with E-state index in [-0.39, 0.29) is 0 Å². The van der Waals surface area contributed by atoms with Crippen LogP contribution in [-0.2, 0) is 0 Å². The lowest BCUT2D eigenvalue weighted by Gasteiger charge is -1.98. The molecular formula is C13H10BrF3. The first-order chi connectivity index (χ1) is 7.97. The molecule has 90 valence electrons. The molecule has 0 N–H and O–H groups in total. The predicted octanol–water partition coefficient (Wildman–Crippen LogP) is 5.25. The van der Waals surface area contributed by atoms with Crippen LogP contribution in [0.3, 0.4) is 0 Å². The van der Waals surface area contributed by atoms with Gasteiger partial charge in [-0.05, 0) is 11.1 Å².